The number of nitrogens with zero attached hydrogens (tertiary/aromatic N) is 3. The number of fused-ring (bicyclic) bond motifs is 10. The zero-order chi connectivity index (χ0) is 53.5. The minimum Gasteiger partial charge on any atom is -0.459 e. The second-order valence-electron chi connectivity index (χ2n) is 22.4. The first-order valence-corrected chi connectivity index (χ1v) is 27.9. The Morgan fingerprint density at radius 2 is 0.642 bits per heavy atom. The maximum Gasteiger partial charge on any atom is 0.270 e. The van der Waals surface area contributed by atoms with Gasteiger partial charge in [0.2, 0.25) is 0 Å². The highest BCUT2D eigenvalue weighted by molar-refractivity contribution is 7.05. The molecule has 380 valence electrons. The molecule has 0 saturated heterocycles. The van der Waals surface area contributed by atoms with Crippen LogP contribution in [0.4, 0.5) is 51.2 Å². The van der Waals surface area contributed by atoms with Gasteiger partial charge in [0, 0.05) is 68.1 Å². The summed E-state index contributed by atoms with van der Waals surface area (Å²) in [6, 6.07) is 73.6. The van der Waals surface area contributed by atoms with Gasteiger partial charge < -0.3 is 38.4 Å². The minimum absolute atomic E-state index is 0.166. The van der Waals surface area contributed by atoms with Gasteiger partial charge in [-0.05, 0) is 150 Å². The van der Waals surface area contributed by atoms with Crippen molar-refractivity contribution in [3.05, 3.63) is 229 Å². The lowest BCUT2D eigenvalue weighted by Crippen LogP contribution is -2.67. The third kappa shape index (κ3) is 6.02. The van der Waals surface area contributed by atoms with Crippen molar-refractivity contribution in [3.63, 3.8) is 0 Å². The summed E-state index contributed by atoms with van der Waals surface area (Å²) in [6.07, 6.45) is 0. The van der Waals surface area contributed by atoms with Crippen LogP contribution in [-0.2, 0) is 0 Å². The number of rotatable bonds is 5. The normalized spacial score (nSPS) is 14.0. The van der Waals surface area contributed by atoms with E-state index in [9.17, 15) is 0 Å². The van der Waals surface area contributed by atoms with Crippen LogP contribution in [0.1, 0.15) is 22.3 Å². The minimum atomic E-state index is -0.470. The SMILES string of the molecule is Cc1cccc(C)c1N1c2cc(N(c3ccccc3)c3ccccc3)cc3c2B(c2c1cc1c4c2Oc2ccccc2B4c2ccccc2O1)c1c(cc2c4c1Oc1cccc5c1B4c1c(cccc1O2)O5)N3c1c(C)cccc1C. The molecule has 81 heavy (non-hydrogen) atoms. The summed E-state index contributed by atoms with van der Waals surface area (Å²) in [5.41, 5.74) is 23.2. The van der Waals surface area contributed by atoms with Crippen molar-refractivity contribution < 1.29 is 23.7 Å². The fourth-order valence-electron chi connectivity index (χ4n) is 14.7. The molecule has 0 amide bonds. The highest BCUT2D eigenvalue weighted by Gasteiger charge is 2.55. The molecule has 0 saturated carbocycles. The highest BCUT2D eigenvalue weighted by Crippen LogP contribution is 2.54. The van der Waals surface area contributed by atoms with Gasteiger partial charge in [0.1, 0.15) is 57.5 Å². The van der Waals surface area contributed by atoms with Crippen molar-refractivity contribution in [3.8, 4) is 57.5 Å². The van der Waals surface area contributed by atoms with E-state index in [4.69, 9.17) is 23.7 Å². The molecule has 7 aliphatic heterocycles. The predicted octanol–water partition coefficient (Wildman–Crippen LogP) is 12.0. The molecular weight excluding hydrogens is 995 g/mol. The number of anilines is 9. The van der Waals surface area contributed by atoms with Gasteiger partial charge in [-0.3, -0.25) is 0 Å². The van der Waals surface area contributed by atoms with Crippen molar-refractivity contribution in [2.45, 2.75) is 27.7 Å². The van der Waals surface area contributed by atoms with E-state index in [1.54, 1.807) is 0 Å². The van der Waals surface area contributed by atoms with Crippen molar-refractivity contribution >= 4 is 120 Å². The van der Waals surface area contributed by atoms with Crippen LogP contribution in [0.5, 0.6) is 57.5 Å². The monoisotopic (exact) mass is 1040 g/mol. The zero-order valence-electron chi connectivity index (χ0n) is 44.7. The van der Waals surface area contributed by atoms with Crippen LogP contribution in [0.25, 0.3) is 0 Å². The number of ether oxygens (including phenoxy) is 5. The Morgan fingerprint density at radius 1 is 0.284 bits per heavy atom. The van der Waals surface area contributed by atoms with Crippen molar-refractivity contribution in [1.82, 2.24) is 0 Å². The lowest BCUT2D eigenvalue weighted by molar-refractivity contribution is 0.444. The molecule has 7 aliphatic rings. The summed E-state index contributed by atoms with van der Waals surface area (Å²) < 4.78 is 36.6. The van der Waals surface area contributed by atoms with Gasteiger partial charge in [-0.25, -0.2) is 0 Å². The van der Waals surface area contributed by atoms with Gasteiger partial charge in [0.25, 0.3) is 20.1 Å². The largest absolute Gasteiger partial charge is 0.459 e. The maximum atomic E-state index is 7.70. The predicted molar refractivity (Wildman–Crippen MR) is 330 cm³/mol. The van der Waals surface area contributed by atoms with E-state index in [0.29, 0.717) is 0 Å². The molecule has 0 spiro atoms. The summed E-state index contributed by atoms with van der Waals surface area (Å²) in [4.78, 5) is 7.44. The van der Waals surface area contributed by atoms with Crippen LogP contribution in [0.2, 0.25) is 0 Å². The maximum absolute atomic E-state index is 7.70. The summed E-state index contributed by atoms with van der Waals surface area (Å²) >= 11 is 0. The Bertz CT molecular complexity index is 4500. The number of benzene rings is 11. The molecule has 11 aromatic carbocycles. The number of para-hydroxylation sites is 6. The molecule has 0 fully saturated rings. The third-order valence-corrected chi connectivity index (χ3v) is 17.9. The summed E-state index contributed by atoms with van der Waals surface area (Å²) in [7, 11) is 0. The molecule has 0 bridgehead atoms. The van der Waals surface area contributed by atoms with E-state index in [0.717, 1.165) is 180 Å². The van der Waals surface area contributed by atoms with Crippen molar-refractivity contribution in [2.24, 2.45) is 0 Å². The second-order valence-corrected chi connectivity index (χ2v) is 22.4. The van der Waals surface area contributed by atoms with E-state index in [2.05, 4.69) is 237 Å². The first kappa shape index (κ1) is 44.9. The average molecular weight is 1040 g/mol. The Kier molecular flexibility index (Phi) is 9.05. The molecule has 7 heterocycles. The first-order chi connectivity index (χ1) is 39.9. The van der Waals surface area contributed by atoms with Crippen LogP contribution < -0.4 is 87.5 Å². The van der Waals surface area contributed by atoms with Gasteiger partial charge in [-0.1, -0.05) is 121 Å². The quantitative estimate of drug-likeness (QED) is 0.158. The van der Waals surface area contributed by atoms with Gasteiger partial charge in [-0.2, -0.15) is 0 Å². The van der Waals surface area contributed by atoms with Gasteiger partial charge in [-0.15, -0.1) is 0 Å². The number of aryl methyl sites for hydroxylation is 4. The van der Waals surface area contributed by atoms with E-state index < -0.39 is 6.71 Å². The van der Waals surface area contributed by atoms with Gasteiger partial charge in [0.05, 0.1) is 17.1 Å². The number of hydrogen-bond acceptors (Lipinski definition) is 8. The third-order valence-electron chi connectivity index (χ3n) is 17.9. The van der Waals surface area contributed by atoms with Crippen LogP contribution in [0.3, 0.4) is 0 Å². The highest BCUT2D eigenvalue weighted by atomic mass is 16.5. The Balaban J connectivity index is 1.04. The molecular formula is C70H46B3N3O5. The molecule has 18 rings (SSSR count). The summed E-state index contributed by atoms with van der Waals surface area (Å²) in [6.45, 7) is 8.07. The number of hydrogen-bond donors (Lipinski definition) is 0. The molecule has 0 aromatic heterocycles. The van der Waals surface area contributed by atoms with Crippen LogP contribution in [0.15, 0.2) is 206 Å². The van der Waals surface area contributed by atoms with E-state index in [1.807, 2.05) is 12.1 Å². The van der Waals surface area contributed by atoms with Crippen molar-refractivity contribution in [2.75, 3.05) is 14.7 Å². The lowest BCUT2D eigenvalue weighted by Gasteiger charge is -2.48. The van der Waals surface area contributed by atoms with E-state index >= 15 is 0 Å². The zero-order valence-corrected chi connectivity index (χ0v) is 44.7. The molecule has 0 unspecified atom stereocenters. The Hall–Kier alpha value is -9.99. The van der Waals surface area contributed by atoms with Crippen LogP contribution in [-0.4, -0.2) is 20.1 Å². The first-order valence-electron chi connectivity index (χ1n) is 27.9. The molecule has 0 radical (unpaired) electrons. The van der Waals surface area contributed by atoms with Gasteiger partial charge >= 0.3 is 0 Å². The lowest BCUT2D eigenvalue weighted by atomic mass is 9.28. The molecule has 0 atom stereocenters. The fraction of sp³-hybridized carbons (Fsp3) is 0.0571. The standard InChI is InChI=1S/C70H46B3N3O5/c1-39-19-15-20-40(2)67(39)75-48-35-45(74(43-23-7-5-8-24-43)44-25-9-6-10-26-44)36-49-60(48)72(61-50(75)37-58-65-69(61)80-53-30-14-12-28-47(53)71(65)46-27-11-13-29-52(46)77-58)62-51(76(49)68-41(3)21-16-22-42(68)4)38-59-66-70(62)81-57-34-18-32-55-64(57)73(66)63-54(78-55)31-17-33-56(63)79-59/h5-38H,1-4H3. The fourth-order valence-corrected chi connectivity index (χ4v) is 14.7. The van der Waals surface area contributed by atoms with Crippen LogP contribution in [0, 0.1) is 27.7 Å². The topological polar surface area (TPSA) is 55.9 Å². The molecule has 11 heteroatoms. The molecule has 8 nitrogen and oxygen atoms in total. The summed E-state index contributed by atoms with van der Waals surface area (Å²) in [5.74, 6) is 7.88. The Morgan fingerprint density at radius 3 is 1.15 bits per heavy atom. The van der Waals surface area contributed by atoms with Crippen molar-refractivity contribution in [1.29, 1.82) is 0 Å². The van der Waals surface area contributed by atoms with Crippen LogP contribution >= 0.6 is 0 Å². The summed E-state index contributed by atoms with van der Waals surface area (Å²) in [5, 5.41) is 0. The second kappa shape index (κ2) is 16.3. The molecule has 0 N–H and O–H groups in total. The Labute approximate surface area is 470 Å². The average Bonchev–Trinajstić information content (AvgIpc) is 3.52. The van der Waals surface area contributed by atoms with E-state index in [1.165, 1.54) is 0 Å². The van der Waals surface area contributed by atoms with E-state index in [-0.39, 0.29) is 13.4 Å². The molecule has 11 aromatic rings. The molecule has 0 aliphatic carbocycles. The smallest absolute Gasteiger partial charge is 0.270 e. The van der Waals surface area contributed by atoms with Gasteiger partial charge in [0.15, 0.2) is 0 Å².